The molecule has 1 aromatic carbocycles. The lowest BCUT2D eigenvalue weighted by Crippen LogP contribution is -2.47. The normalized spacial score (nSPS) is 19.9. The summed E-state index contributed by atoms with van der Waals surface area (Å²) in [7, 11) is -0.494. The Kier molecular flexibility index (Phi) is 5.20. The number of carbonyl (C=O) groups is 1. The predicted octanol–water partition coefficient (Wildman–Crippen LogP) is 1.15. The molecule has 1 atom stereocenters. The van der Waals surface area contributed by atoms with Crippen molar-refractivity contribution in [2.45, 2.75) is 30.7 Å². The molecule has 0 radical (unpaired) electrons. The molecule has 1 aliphatic rings. The fraction of sp³-hybridized carbons (Fsp3) is 0.533. The van der Waals surface area contributed by atoms with Crippen LogP contribution in [0.3, 0.4) is 0 Å². The summed E-state index contributed by atoms with van der Waals surface area (Å²) in [6, 6.07) is 4.85. The van der Waals surface area contributed by atoms with Gasteiger partial charge in [-0.05, 0) is 44.5 Å². The first kappa shape index (κ1) is 16.9. The number of hydrogen-bond donors (Lipinski definition) is 1. The molecule has 7 heteroatoms. The Bertz CT molecular complexity index is 658. The summed E-state index contributed by atoms with van der Waals surface area (Å²) in [6.07, 6.45) is 1.78. The number of methoxy groups -OCH3 is 1. The van der Waals surface area contributed by atoms with Crippen LogP contribution in [0.25, 0.3) is 0 Å². The molecule has 0 amide bonds. The SMILES string of the molecule is CNC1CCCN(S(=O)(=O)c2cccc(C(=O)OC)c2C)C1. The average Bonchev–Trinajstić information content (AvgIpc) is 2.54. The third kappa shape index (κ3) is 3.16. The molecule has 6 nitrogen and oxygen atoms in total. The molecule has 0 aliphatic carbocycles. The van der Waals surface area contributed by atoms with Crippen molar-refractivity contribution < 1.29 is 17.9 Å². The summed E-state index contributed by atoms with van der Waals surface area (Å²) in [5.74, 6) is -0.527. The molecular weight excluding hydrogens is 304 g/mol. The molecule has 1 aromatic rings. The Morgan fingerprint density at radius 1 is 1.41 bits per heavy atom. The van der Waals surface area contributed by atoms with Gasteiger partial charge < -0.3 is 10.1 Å². The highest BCUT2D eigenvalue weighted by atomic mass is 32.2. The zero-order valence-electron chi connectivity index (χ0n) is 13.1. The number of nitrogens with zero attached hydrogens (tertiary/aromatic N) is 1. The second-order valence-electron chi connectivity index (χ2n) is 5.41. The minimum Gasteiger partial charge on any atom is -0.465 e. The van der Waals surface area contributed by atoms with Gasteiger partial charge in [0.05, 0.1) is 17.6 Å². The summed E-state index contributed by atoms with van der Waals surface area (Å²) in [4.78, 5) is 11.9. The number of rotatable bonds is 4. The van der Waals surface area contributed by atoms with E-state index in [2.05, 4.69) is 5.32 Å². The van der Waals surface area contributed by atoms with Crippen molar-refractivity contribution in [1.29, 1.82) is 0 Å². The fourth-order valence-corrected chi connectivity index (χ4v) is 4.53. The summed E-state index contributed by atoms with van der Waals surface area (Å²) >= 11 is 0. The number of hydrogen-bond acceptors (Lipinski definition) is 5. The van der Waals surface area contributed by atoms with Crippen LogP contribution < -0.4 is 5.32 Å². The van der Waals surface area contributed by atoms with Gasteiger partial charge in [0.1, 0.15) is 0 Å². The van der Waals surface area contributed by atoms with E-state index in [0.29, 0.717) is 18.7 Å². The maximum Gasteiger partial charge on any atom is 0.338 e. The largest absolute Gasteiger partial charge is 0.465 e. The quantitative estimate of drug-likeness (QED) is 0.840. The second-order valence-corrected chi connectivity index (χ2v) is 7.32. The summed E-state index contributed by atoms with van der Waals surface area (Å²) < 4.78 is 32.0. The number of nitrogens with one attached hydrogen (secondary N) is 1. The van der Waals surface area contributed by atoms with Crippen molar-refractivity contribution >= 4 is 16.0 Å². The Balaban J connectivity index is 2.39. The highest BCUT2D eigenvalue weighted by Gasteiger charge is 2.31. The van der Waals surface area contributed by atoms with Crippen molar-refractivity contribution in [3.05, 3.63) is 29.3 Å². The van der Waals surface area contributed by atoms with Crippen LogP contribution in [-0.4, -0.2) is 52.0 Å². The molecule has 1 heterocycles. The summed E-state index contributed by atoms with van der Waals surface area (Å²) in [5.41, 5.74) is 0.715. The van der Waals surface area contributed by atoms with E-state index in [0.717, 1.165) is 12.8 Å². The Morgan fingerprint density at radius 3 is 2.77 bits per heavy atom. The maximum absolute atomic E-state index is 12.9. The van der Waals surface area contributed by atoms with Crippen LogP contribution in [0.1, 0.15) is 28.8 Å². The molecule has 0 aromatic heterocycles. The molecular formula is C15H22N2O4S. The number of likely N-dealkylation sites (N-methyl/N-ethyl adjacent to an activating group) is 1. The van der Waals surface area contributed by atoms with Gasteiger partial charge in [0.25, 0.3) is 0 Å². The van der Waals surface area contributed by atoms with Crippen LogP contribution in [0.2, 0.25) is 0 Å². The van der Waals surface area contributed by atoms with E-state index in [-0.39, 0.29) is 16.5 Å². The molecule has 0 spiro atoms. The van der Waals surface area contributed by atoms with E-state index in [1.807, 2.05) is 7.05 Å². The first-order valence-corrected chi connectivity index (χ1v) is 8.71. The molecule has 1 aliphatic heterocycles. The minimum absolute atomic E-state index is 0.160. The molecule has 1 N–H and O–H groups in total. The zero-order valence-corrected chi connectivity index (χ0v) is 13.9. The average molecular weight is 326 g/mol. The van der Waals surface area contributed by atoms with Crippen LogP contribution in [0.15, 0.2) is 23.1 Å². The summed E-state index contributed by atoms with van der Waals surface area (Å²) in [5, 5.41) is 3.13. The van der Waals surface area contributed by atoms with Crippen LogP contribution in [-0.2, 0) is 14.8 Å². The van der Waals surface area contributed by atoms with E-state index in [4.69, 9.17) is 4.74 Å². The zero-order chi connectivity index (χ0) is 16.3. The number of esters is 1. The number of sulfonamides is 1. The number of carbonyl (C=O) groups excluding carboxylic acids is 1. The monoisotopic (exact) mass is 326 g/mol. The molecule has 1 saturated heterocycles. The molecule has 0 saturated carbocycles. The lowest BCUT2D eigenvalue weighted by molar-refractivity contribution is 0.0599. The lowest BCUT2D eigenvalue weighted by Gasteiger charge is -2.32. The predicted molar refractivity (Wildman–Crippen MR) is 83.4 cm³/mol. The van der Waals surface area contributed by atoms with Crippen molar-refractivity contribution in [1.82, 2.24) is 9.62 Å². The third-order valence-corrected chi connectivity index (χ3v) is 6.11. The topological polar surface area (TPSA) is 75.7 Å². The number of piperidine rings is 1. The van der Waals surface area contributed by atoms with Crippen LogP contribution in [0.5, 0.6) is 0 Å². The highest BCUT2D eigenvalue weighted by Crippen LogP contribution is 2.25. The summed E-state index contributed by atoms with van der Waals surface area (Å²) in [6.45, 7) is 2.59. The van der Waals surface area contributed by atoms with Crippen molar-refractivity contribution in [2.24, 2.45) is 0 Å². The van der Waals surface area contributed by atoms with E-state index in [1.165, 1.54) is 11.4 Å². The molecule has 0 bridgehead atoms. The van der Waals surface area contributed by atoms with Crippen molar-refractivity contribution in [3.8, 4) is 0 Å². The first-order chi connectivity index (χ1) is 10.4. The molecule has 22 heavy (non-hydrogen) atoms. The first-order valence-electron chi connectivity index (χ1n) is 7.27. The fourth-order valence-electron chi connectivity index (χ4n) is 2.76. The lowest BCUT2D eigenvalue weighted by atomic mass is 10.1. The van der Waals surface area contributed by atoms with E-state index in [9.17, 15) is 13.2 Å². The van der Waals surface area contributed by atoms with Gasteiger partial charge >= 0.3 is 5.97 Å². The Hall–Kier alpha value is -1.44. The number of benzene rings is 1. The molecule has 1 fully saturated rings. The van der Waals surface area contributed by atoms with Crippen LogP contribution >= 0.6 is 0 Å². The third-order valence-electron chi connectivity index (χ3n) is 4.10. The van der Waals surface area contributed by atoms with Gasteiger partial charge in [0.2, 0.25) is 10.0 Å². The smallest absolute Gasteiger partial charge is 0.338 e. The van der Waals surface area contributed by atoms with E-state index in [1.54, 1.807) is 25.1 Å². The van der Waals surface area contributed by atoms with Gasteiger partial charge in [0.15, 0.2) is 0 Å². The van der Waals surface area contributed by atoms with Gasteiger partial charge in [-0.15, -0.1) is 0 Å². The minimum atomic E-state index is -3.61. The van der Waals surface area contributed by atoms with E-state index >= 15 is 0 Å². The van der Waals surface area contributed by atoms with Gasteiger partial charge in [-0.2, -0.15) is 4.31 Å². The number of ether oxygens (including phenoxy) is 1. The van der Waals surface area contributed by atoms with Crippen LogP contribution in [0.4, 0.5) is 0 Å². The van der Waals surface area contributed by atoms with Crippen LogP contribution in [0, 0.1) is 6.92 Å². The van der Waals surface area contributed by atoms with Crippen molar-refractivity contribution in [3.63, 3.8) is 0 Å². The Morgan fingerprint density at radius 2 is 2.14 bits per heavy atom. The molecule has 1 unspecified atom stereocenters. The van der Waals surface area contributed by atoms with Gasteiger partial charge in [-0.25, -0.2) is 13.2 Å². The standard InChI is InChI=1S/C15H22N2O4S/c1-11-13(15(18)21-3)7-4-8-14(11)22(19,20)17-9-5-6-12(10-17)16-2/h4,7-8,12,16H,5-6,9-10H2,1-3H3. The molecule has 2 rings (SSSR count). The highest BCUT2D eigenvalue weighted by molar-refractivity contribution is 7.89. The molecule has 122 valence electrons. The van der Waals surface area contributed by atoms with E-state index < -0.39 is 16.0 Å². The van der Waals surface area contributed by atoms with Gasteiger partial charge in [-0.1, -0.05) is 6.07 Å². The Labute approximate surface area is 131 Å². The van der Waals surface area contributed by atoms with Crippen molar-refractivity contribution in [2.75, 3.05) is 27.2 Å². The maximum atomic E-state index is 12.9. The van der Waals surface area contributed by atoms with Gasteiger partial charge in [0, 0.05) is 19.1 Å². The van der Waals surface area contributed by atoms with Gasteiger partial charge in [-0.3, -0.25) is 0 Å². The second kappa shape index (κ2) is 6.76.